The molecule has 0 N–H and O–H groups in total. The summed E-state index contributed by atoms with van der Waals surface area (Å²) in [4.78, 5) is -0.632. The van der Waals surface area contributed by atoms with E-state index in [1.54, 1.807) is 0 Å². The highest BCUT2D eigenvalue weighted by Gasteiger charge is 2.46. The Kier molecular flexibility index (Phi) is 2.82. The lowest BCUT2D eigenvalue weighted by molar-refractivity contribution is -0.0436. The molecule has 0 heterocycles. The number of hydrogen-bond donors (Lipinski definition) is 1. The van der Waals surface area contributed by atoms with E-state index in [0.29, 0.717) is 0 Å². The summed E-state index contributed by atoms with van der Waals surface area (Å²) in [6, 6.07) is 4.31. The smallest absolute Gasteiger partial charge is 0.214 e. The molecule has 0 unspecified atom stereocenters. The lowest BCUT2D eigenvalue weighted by Gasteiger charge is -2.07. The normalized spacial score (nSPS) is 12.9. The first-order valence-electron chi connectivity index (χ1n) is 3.35. The fraction of sp³-hybridized carbons (Fsp3) is 0.143. The largest absolute Gasteiger partial charge is 0.501 e. The first kappa shape index (κ1) is 11.4. The van der Waals surface area contributed by atoms with E-state index < -0.39 is 20.2 Å². The van der Waals surface area contributed by atoms with Crippen molar-refractivity contribution in [1.29, 1.82) is 0 Å². The van der Waals surface area contributed by atoms with Gasteiger partial charge in [-0.3, -0.25) is 0 Å². The molecular weight excluding hydrogens is 237 g/mol. The average molecular weight is 242 g/mol. The van der Waals surface area contributed by atoms with Crippen LogP contribution in [-0.2, 0) is 9.84 Å². The Hall–Kier alpha value is -0.690. The summed E-state index contributed by atoms with van der Waals surface area (Å²) in [5.74, 6) is 0. The van der Waals surface area contributed by atoms with Crippen LogP contribution in [-0.4, -0.2) is 13.9 Å². The van der Waals surface area contributed by atoms with Gasteiger partial charge in [-0.2, -0.15) is 13.2 Å². The zero-order valence-corrected chi connectivity index (χ0v) is 8.33. The summed E-state index contributed by atoms with van der Waals surface area (Å²) in [6.45, 7) is 0. The fourth-order valence-electron chi connectivity index (χ4n) is 0.784. The van der Waals surface area contributed by atoms with Crippen LogP contribution in [0.25, 0.3) is 0 Å². The minimum Gasteiger partial charge on any atom is -0.214 e. The highest BCUT2D eigenvalue weighted by molar-refractivity contribution is 7.92. The van der Waals surface area contributed by atoms with Crippen molar-refractivity contribution in [2.24, 2.45) is 0 Å². The molecular formula is C7H5F3O2S2. The molecule has 1 aromatic rings. The number of halogens is 3. The number of alkyl halides is 3. The molecule has 7 heteroatoms. The standard InChI is InChI=1S/C7H5F3O2S2/c8-7(9,10)14(11,12)6-3-1-2-5(13)4-6/h1-4,13H. The van der Waals surface area contributed by atoms with Crippen LogP contribution >= 0.6 is 12.6 Å². The third kappa shape index (κ3) is 2.03. The Morgan fingerprint density at radius 1 is 1.21 bits per heavy atom. The van der Waals surface area contributed by atoms with Gasteiger partial charge < -0.3 is 0 Å². The van der Waals surface area contributed by atoms with Crippen LogP contribution in [0.5, 0.6) is 0 Å². The SMILES string of the molecule is O=S(=O)(c1cccc(S)c1)C(F)(F)F. The molecule has 14 heavy (non-hydrogen) atoms. The molecule has 0 saturated heterocycles. The lowest BCUT2D eigenvalue weighted by atomic mass is 10.4. The summed E-state index contributed by atoms with van der Waals surface area (Å²) in [6.07, 6.45) is 0. The van der Waals surface area contributed by atoms with Gasteiger partial charge in [-0.1, -0.05) is 6.07 Å². The predicted molar refractivity (Wildman–Crippen MR) is 46.9 cm³/mol. The van der Waals surface area contributed by atoms with Crippen LogP contribution in [0, 0.1) is 0 Å². The van der Waals surface area contributed by atoms with Gasteiger partial charge in [0.15, 0.2) is 0 Å². The third-order valence-corrected chi connectivity index (χ3v) is 3.19. The molecule has 0 aliphatic heterocycles. The predicted octanol–water partition coefficient (Wildman–Crippen LogP) is 2.27. The molecule has 0 bridgehead atoms. The van der Waals surface area contributed by atoms with Crippen molar-refractivity contribution in [1.82, 2.24) is 0 Å². The van der Waals surface area contributed by atoms with Crippen LogP contribution in [0.15, 0.2) is 34.1 Å². The van der Waals surface area contributed by atoms with Gasteiger partial charge in [0, 0.05) is 4.90 Å². The van der Waals surface area contributed by atoms with Gasteiger partial charge >= 0.3 is 5.51 Å². The molecule has 0 radical (unpaired) electrons. The maximum absolute atomic E-state index is 12.0. The quantitative estimate of drug-likeness (QED) is 0.766. The van der Waals surface area contributed by atoms with Gasteiger partial charge in [0.25, 0.3) is 9.84 Å². The first-order valence-corrected chi connectivity index (χ1v) is 5.28. The maximum Gasteiger partial charge on any atom is 0.501 e. The van der Waals surface area contributed by atoms with Crippen LogP contribution in [0.3, 0.4) is 0 Å². The molecule has 0 aliphatic carbocycles. The molecule has 0 aliphatic rings. The Labute approximate surface area is 84.1 Å². The maximum atomic E-state index is 12.0. The number of hydrogen-bond acceptors (Lipinski definition) is 3. The molecule has 0 aromatic heterocycles. The second-order valence-electron chi connectivity index (χ2n) is 2.45. The molecule has 2 nitrogen and oxygen atoms in total. The molecule has 1 aromatic carbocycles. The summed E-state index contributed by atoms with van der Waals surface area (Å²) in [7, 11) is -5.25. The van der Waals surface area contributed by atoms with Crippen molar-refractivity contribution >= 4 is 22.5 Å². The fourth-order valence-corrected chi connectivity index (χ4v) is 1.90. The van der Waals surface area contributed by atoms with Crippen LogP contribution in [0.2, 0.25) is 0 Å². The topological polar surface area (TPSA) is 34.1 Å². The van der Waals surface area contributed by atoms with Gasteiger partial charge in [-0.05, 0) is 18.2 Å². The average Bonchev–Trinajstić information content (AvgIpc) is 2.02. The summed E-state index contributed by atoms with van der Waals surface area (Å²) in [5.41, 5.74) is -5.27. The van der Waals surface area contributed by atoms with E-state index in [1.165, 1.54) is 12.1 Å². The highest BCUT2D eigenvalue weighted by atomic mass is 32.2. The van der Waals surface area contributed by atoms with E-state index in [-0.39, 0.29) is 4.90 Å². The molecule has 0 amide bonds. The summed E-state index contributed by atoms with van der Waals surface area (Å²) < 4.78 is 57.8. The van der Waals surface area contributed by atoms with E-state index in [1.807, 2.05) is 0 Å². The number of thiol groups is 1. The minimum absolute atomic E-state index is 0.162. The molecule has 0 atom stereocenters. The zero-order valence-electron chi connectivity index (χ0n) is 6.62. The minimum atomic E-state index is -5.27. The van der Waals surface area contributed by atoms with E-state index >= 15 is 0 Å². The van der Waals surface area contributed by atoms with E-state index in [9.17, 15) is 21.6 Å². The molecule has 0 saturated carbocycles. The van der Waals surface area contributed by atoms with Crippen LogP contribution in [0.4, 0.5) is 13.2 Å². The molecule has 1 rings (SSSR count). The zero-order chi connectivity index (χ0) is 11.0. The lowest BCUT2D eigenvalue weighted by Crippen LogP contribution is -2.23. The van der Waals surface area contributed by atoms with Gasteiger partial charge in [0.1, 0.15) is 0 Å². The molecule has 0 spiro atoms. The summed E-state index contributed by atoms with van der Waals surface area (Å²) >= 11 is 3.75. The number of sulfone groups is 1. The second-order valence-corrected chi connectivity index (χ2v) is 4.90. The number of rotatable bonds is 1. The monoisotopic (exact) mass is 242 g/mol. The van der Waals surface area contributed by atoms with Gasteiger partial charge in [0.2, 0.25) is 0 Å². The van der Waals surface area contributed by atoms with Crippen LogP contribution < -0.4 is 0 Å². The van der Waals surface area contributed by atoms with Crippen LogP contribution in [0.1, 0.15) is 0 Å². The van der Waals surface area contributed by atoms with E-state index in [0.717, 1.165) is 12.1 Å². The van der Waals surface area contributed by atoms with Crippen molar-refractivity contribution in [2.45, 2.75) is 15.3 Å². The van der Waals surface area contributed by atoms with Crippen molar-refractivity contribution in [2.75, 3.05) is 0 Å². The Morgan fingerprint density at radius 3 is 2.21 bits per heavy atom. The highest BCUT2D eigenvalue weighted by Crippen LogP contribution is 2.30. The third-order valence-electron chi connectivity index (χ3n) is 1.43. The van der Waals surface area contributed by atoms with E-state index in [2.05, 4.69) is 12.6 Å². The Bertz CT molecular complexity index is 436. The van der Waals surface area contributed by atoms with Crippen molar-refractivity contribution in [3.63, 3.8) is 0 Å². The molecule has 0 fully saturated rings. The van der Waals surface area contributed by atoms with Crippen molar-refractivity contribution in [3.8, 4) is 0 Å². The second kappa shape index (κ2) is 3.47. The first-order chi connectivity index (χ1) is 6.25. The van der Waals surface area contributed by atoms with Gasteiger partial charge in [-0.15, -0.1) is 12.6 Å². The van der Waals surface area contributed by atoms with Crippen molar-refractivity contribution in [3.05, 3.63) is 24.3 Å². The summed E-state index contributed by atoms with van der Waals surface area (Å²) in [5, 5.41) is 0. The van der Waals surface area contributed by atoms with E-state index in [4.69, 9.17) is 0 Å². The van der Waals surface area contributed by atoms with Crippen molar-refractivity contribution < 1.29 is 21.6 Å². The van der Waals surface area contributed by atoms with Gasteiger partial charge in [0.05, 0.1) is 4.90 Å². The Morgan fingerprint density at radius 2 is 1.79 bits per heavy atom. The molecule has 78 valence electrons. The van der Waals surface area contributed by atoms with Gasteiger partial charge in [-0.25, -0.2) is 8.42 Å². The Balaban J connectivity index is 3.32. The number of benzene rings is 1.